The molecule has 0 radical (unpaired) electrons. The number of rotatable bonds is 2. The van der Waals surface area contributed by atoms with E-state index in [0.717, 1.165) is 0 Å². The van der Waals surface area contributed by atoms with Crippen molar-refractivity contribution in [3.05, 3.63) is 28.8 Å². The van der Waals surface area contributed by atoms with Gasteiger partial charge in [0.05, 0.1) is 10.7 Å². The number of alkyl halides is 1. The van der Waals surface area contributed by atoms with Crippen LogP contribution in [-0.2, 0) is 6.67 Å². The van der Waals surface area contributed by atoms with Gasteiger partial charge in [-0.05, 0) is 18.3 Å². The summed E-state index contributed by atoms with van der Waals surface area (Å²) in [6, 6.07) is 5.10. The van der Waals surface area contributed by atoms with Crippen LogP contribution in [0.25, 0.3) is 0 Å². The lowest BCUT2D eigenvalue weighted by Gasteiger charge is -2.10. The molecule has 1 aromatic rings. The van der Waals surface area contributed by atoms with Crippen molar-refractivity contribution in [1.29, 1.82) is 0 Å². The first-order valence-corrected chi connectivity index (χ1v) is 4.79. The third kappa shape index (κ3) is 2.56. The molecule has 0 saturated heterocycles. The number of anilines is 1. The summed E-state index contributed by atoms with van der Waals surface area (Å²) in [4.78, 5) is 0. The fraction of sp³-hybridized carbons (Fsp3) is 0.222. The maximum Gasteiger partial charge on any atom is 0.170 e. The van der Waals surface area contributed by atoms with Crippen molar-refractivity contribution in [3.63, 3.8) is 0 Å². The highest BCUT2D eigenvalue weighted by Gasteiger charge is 2.05. The van der Waals surface area contributed by atoms with E-state index in [9.17, 15) is 4.39 Å². The van der Waals surface area contributed by atoms with Crippen LogP contribution >= 0.6 is 23.8 Å². The number of hydrogen-bond acceptors (Lipinski definition) is 1. The van der Waals surface area contributed by atoms with Gasteiger partial charge in [-0.3, -0.25) is 0 Å². The number of halogens is 2. The van der Waals surface area contributed by atoms with Crippen LogP contribution < -0.4 is 10.6 Å². The molecular weight excluding hydrogens is 223 g/mol. The summed E-state index contributed by atoms with van der Waals surface area (Å²) < 4.78 is 12.4. The van der Waals surface area contributed by atoms with E-state index in [1.165, 1.54) is 0 Å². The highest BCUT2D eigenvalue weighted by atomic mass is 35.5. The Morgan fingerprint density at radius 3 is 2.86 bits per heavy atom. The Labute approximate surface area is 92.5 Å². The van der Waals surface area contributed by atoms with Crippen LogP contribution in [0, 0.1) is 0 Å². The van der Waals surface area contributed by atoms with E-state index < -0.39 is 6.67 Å². The fourth-order valence-electron chi connectivity index (χ4n) is 0.964. The van der Waals surface area contributed by atoms with Crippen molar-refractivity contribution in [3.8, 4) is 0 Å². The molecule has 14 heavy (non-hydrogen) atoms. The Kier molecular flexibility index (Phi) is 4.10. The molecular formula is C9H10ClFN2S. The van der Waals surface area contributed by atoms with E-state index in [1.807, 2.05) is 0 Å². The average Bonchev–Trinajstić information content (AvgIpc) is 2.21. The molecule has 0 aliphatic rings. The van der Waals surface area contributed by atoms with Crippen LogP contribution in [0.2, 0.25) is 5.02 Å². The molecule has 0 bridgehead atoms. The third-order valence-electron chi connectivity index (χ3n) is 1.70. The number of thiocarbonyl (C=S) groups is 1. The van der Waals surface area contributed by atoms with E-state index in [-0.39, 0.29) is 0 Å². The van der Waals surface area contributed by atoms with Gasteiger partial charge < -0.3 is 10.6 Å². The minimum Gasteiger partial charge on any atom is -0.366 e. The highest BCUT2D eigenvalue weighted by molar-refractivity contribution is 7.80. The van der Waals surface area contributed by atoms with Gasteiger partial charge in [-0.15, -0.1) is 0 Å². The predicted octanol–water partition coefficient (Wildman–Crippen LogP) is 2.73. The van der Waals surface area contributed by atoms with Gasteiger partial charge in [0.2, 0.25) is 0 Å². The summed E-state index contributed by atoms with van der Waals surface area (Å²) in [5.74, 6) is 0. The second-order valence-electron chi connectivity index (χ2n) is 2.62. The molecule has 0 fully saturated rings. The molecule has 0 aliphatic heterocycles. The van der Waals surface area contributed by atoms with Gasteiger partial charge in [-0.25, -0.2) is 4.39 Å². The second kappa shape index (κ2) is 5.12. The zero-order valence-electron chi connectivity index (χ0n) is 7.60. The van der Waals surface area contributed by atoms with Crippen LogP contribution in [0.4, 0.5) is 10.1 Å². The first kappa shape index (κ1) is 11.2. The van der Waals surface area contributed by atoms with Crippen LogP contribution in [0.5, 0.6) is 0 Å². The van der Waals surface area contributed by atoms with Gasteiger partial charge in [0.15, 0.2) is 5.11 Å². The fourth-order valence-corrected chi connectivity index (χ4v) is 1.30. The van der Waals surface area contributed by atoms with Gasteiger partial charge in [-0.2, -0.15) is 0 Å². The lowest BCUT2D eigenvalue weighted by Crippen LogP contribution is -2.24. The zero-order valence-corrected chi connectivity index (χ0v) is 9.18. The van der Waals surface area contributed by atoms with Crippen LogP contribution in [0.15, 0.2) is 18.2 Å². The van der Waals surface area contributed by atoms with Gasteiger partial charge in [-0.1, -0.05) is 23.7 Å². The number of benzene rings is 1. The van der Waals surface area contributed by atoms with Crippen molar-refractivity contribution in [1.82, 2.24) is 5.32 Å². The standard InChI is InChI=1S/C9H10ClFN2S/c1-12-9(14)13-7-4-2-3-6(5-11)8(7)10/h2-4H,5H2,1H3,(H2,12,13,14). The van der Waals surface area contributed by atoms with E-state index in [0.29, 0.717) is 21.4 Å². The SMILES string of the molecule is CNC(=S)Nc1cccc(CF)c1Cl. The Bertz CT molecular complexity index is 344. The van der Waals surface area contributed by atoms with E-state index in [4.69, 9.17) is 23.8 Å². The maximum atomic E-state index is 12.4. The van der Waals surface area contributed by atoms with Crippen molar-refractivity contribution in [2.24, 2.45) is 0 Å². The Balaban J connectivity index is 2.92. The largest absolute Gasteiger partial charge is 0.366 e. The maximum absolute atomic E-state index is 12.4. The summed E-state index contributed by atoms with van der Waals surface area (Å²) in [7, 11) is 1.70. The van der Waals surface area contributed by atoms with Crippen molar-refractivity contribution in [2.45, 2.75) is 6.67 Å². The van der Waals surface area contributed by atoms with Crippen molar-refractivity contribution < 1.29 is 4.39 Å². The van der Waals surface area contributed by atoms with Gasteiger partial charge in [0.25, 0.3) is 0 Å². The normalized spacial score (nSPS) is 9.64. The summed E-state index contributed by atoms with van der Waals surface area (Å²) in [6.45, 7) is -0.583. The summed E-state index contributed by atoms with van der Waals surface area (Å²) in [5.41, 5.74) is 1.07. The first-order valence-electron chi connectivity index (χ1n) is 4.01. The predicted molar refractivity (Wildman–Crippen MR) is 61.5 cm³/mol. The number of hydrogen-bond donors (Lipinski definition) is 2. The first-order chi connectivity index (χ1) is 6.69. The second-order valence-corrected chi connectivity index (χ2v) is 3.40. The topological polar surface area (TPSA) is 24.1 Å². The molecule has 0 heterocycles. The summed E-state index contributed by atoms with van der Waals surface area (Å²) in [5, 5.41) is 6.42. The smallest absolute Gasteiger partial charge is 0.170 e. The van der Waals surface area contributed by atoms with Gasteiger partial charge >= 0.3 is 0 Å². The average molecular weight is 233 g/mol. The molecule has 0 amide bonds. The molecule has 2 nitrogen and oxygen atoms in total. The Morgan fingerprint density at radius 1 is 1.57 bits per heavy atom. The molecule has 2 N–H and O–H groups in total. The Morgan fingerprint density at radius 2 is 2.29 bits per heavy atom. The monoisotopic (exact) mass is 232 g/mol. The molecule has 0 saturated carbocycles. The lowest BCUT2D eigenvalue weighted by molar-refractivity contribution is 0.485. The third-order valence-corrected chi connectivity index (χ3v) is 2.45. The molecule has 0 spiro atoms. The minimum atomic E-state index is -0.583. The molecule has 5 heteroatoms. The van der Waals surface area contributed by atoms with Gasteiger partial charge in [0.1, 0.15) is 6.67 Å². The molecule has 1 aromatic carbocycles. The van der Waals surface area contributed by atoms with Crippen LogP contribution in [-0.4, -0.2) is 12.2 Å². The van der Waals surface area contributed by atoms with Crippen LogP contribution in [0.3, 0.4) is 0 Å². The van der Waals surface area contributed by atoms with E-state index in [1.54, 1.807) is 25.2 Å². The van der Waals surface area contributed by atoms with Gasteiger partial charge in [0, 0.05) is 12.6 Å². The molecule has 0 aromatic heterocycles. The van der Waals surface area contributed by atoms with Crippen molar-refractivity contribution in [2.75, 3.05) is 12.4 Å². The lowest BCUT2D eigenvalue weighted by atomic mass is 10.2. The highest BCUT2D eigenvalue weighted by Crippen LogP contribution is 2.26. The van der Waals surface area contributed by atoms with Crippen LogP contribution in [0.1, 0.15) is 5.56 Å². The van der Waals surface area contributed by atoms with E-state index in [2.05, 4.69) is 10.6 Å². The summed E-state index contributed by atoms with van der Waals surface area (Å²) in [6.07, 6.45) is 0. The molecule has 0 unspecified atom stereocenters. The quantitative estimate of drug-likeness (QED) is 0.767. The molecule has 1 rings (SSSR count). The zero-order chi connectivity index (χ0) is 10.6. The number of nitrogens with one attached hydrogen (secondary N) is 2. The molecule has 76 valence electrons. The summed E-state index contributed by atoms with van der Waals surface area (Å²) >= 11 is 10.8. The van der Waals surface area contributed by atoms with E-state index >= 15 is 0 Å². The molecule has 0 aliphatic carbocycles. The molecule has 0 atom stereocenters. The Hall–Kier alpha value is -0.870. The minimum absolute atomic E-state index is 0.368. The van der Waals surface area contributed by atoms with Crippen molar-refractivity contribution >= 4 is 34.6 Å².